The van der Waals surface area contributed by atoms with Crippen LogP contribution in [0.5, 0.6) is 0 Å². The lowest BCUT2D eigenvalue weighted by Crippen LogP contribution is -2.40. The quantitative estimate of drug-likeness (QED) is 0.858. The van der Waals surface area contributed by atoms with Crippen molar-refractivity contribution in [1.29, 1.82) is 0 Å². The lowest BCUT2D eigenvalue weighted by atomic mass is 10.0. The van der Waals surface area contributed by atoms with Gasteiger partial charge in [-0.05, 0) is 42.5 Å². The van der Waals surface area contributed by atoms with E-state index >= 15 is 0 Å². The van der Waals surface area contributed by atoms with E-state index in [4.69, 9.17) is 5.73 Å². The zero-order chi connectivity index (χ0) is 19.0. The molecule has 2 aromatic heterocycles. The first-order valence-corrected chi connectivity index (χ1v) is 10.5. The number of nitrogens with two attached hydrogens (primary N) is 1. The summed E-state index contributed by atoms with van der Waals surface area (Å²) in [7, 11) is -3.15. The minimum absolute atomic E-state index is 0.214. The summed E-state index contributed by atoms with van der Waals surface area (Å²) < 4.78 is 25.5. The van der Waals surface area contributed by atoms with Gasteiger partial charge in [0.1, 0.15) is 5.82 Å². The van der Waals surface area contributed by atoms with Crippen molar-refractivity contribution in [3.05, 3.63) is 41.9 Å². The van der Waals surface area contributed by atoms with Crippen LogP contribution in [0, 0.1) is 0 Å². The summed E-state index contributed by atoms with van der Waals surface area (Å²) in [4.78, 5) is 21.8. The molecule has 27 heavy (non-hydrogen) atoms. The molecule has 8 nitrogen and oxygen atoms in total. The van der Waals surface area contributed by atoms with Gasteiger partial charge in [-0.15, -0.1) is 0 Å². The summed E-state index contributed by atoms with van der Waals surface area (Å²) >= 11 is 0. The van der Waals surface area contributed by atoms with E-state index in [1.165, 1.54) is 9.21 Å². The fourth-order valence-corrected chi connectivity index (χ4v) is 5.15. The van der Waals surface area contributed by atoms with Crippen LogP contribution in [0.3, 0.4) is 0 Å². The normalized spacial score (nSPS) is 19.0. The van der Waals surface area contributed by atoms with Crippen molar-refractivity contribution < 1.29 is 13.2 Å². The molecule has 4 heterocycles. The van der Waals surface area contributed by atoms with Gasteiger partial charge in [0.25, 0.3) is 0 Å². The Labute approximate surface area is 158 Å². The molecule has 2 amide bonds. The predicted octanol–water partition coefficient (Wildman–Crippen LogP) is 1.51. The van der Waals surface area contributed by atoms with Gasteiger partial charge in [0.05, 0.1) is 5.75 Å². The molecule has 2 N–H and O–H groups in total. The van der Waals surface area contributed by atoms with Gasteiger partial charge in [-0.1, -0.05) is 0 Å². The number of carbonyl (C=O) groups is 1. The third-order valence-corrected chi connectivity index (χ3v) is 6.89. The first kappa shape index (κ1) is 17.9. The van der Waals surface area contributed by atoms with Gasteiger partial charge in [-0.2, -0.15) is 4.31 Å². The van der Waals surface area contributed by atoms with Gasteiger partial charge in [-0.3, -0.25) is 9.88 Å². The Morgan fingerprint density at radius 1 is 1.11 bits per heavy atom. The zero-order valence-corrected chi connectivity index (χ0v) is 15.7. The number of primary amides is 1. The number of carbonyl (C=O) groups excluding carboxylic acids is 1. The number of hydrogen-bond donors (Lipinski definition) is 1. The van der Waals surface area contributed by atoms with Crippen LogP contribution >= 0.6 is 0 Å². The lowest BCUT2D eigenvalue weighted by Gasteiger charge is -2.26. The monoisotopic (exact) mass is 387 g/mol. The largest absolute Gasteiger partial charge is 0.351 e. The van der Waals surface area contributed by atoms with Crippen molar-refractivity contribution in [2.24, 2.45) is 5.73 Å². The second kappa shape index (κ2) is 6.90. The highest BCUT2D eigenvalue weighted by Crippen LogP contribution is 2.29. The highest BCUT2D eigenvalue weighted by molar-refractivity contribution is 7.89. The molecular weight excluding hydrogens is 366 g/mol. The van der Waals surface area contributed by atoms with E-state index in [0.29, 0.717) is 31.9 Å². The molecular formula is C18H21N5O3S. The van der Waals surface area contributed by atoms with Crippen molar-refractivity contribution in [3.8, 4) is 11.1 Å². The fraction of sp³-hybridized carbons (Fsp3) is 0.389. The van der Waals surface area contributed by atoms with Gasteiger partial charge < -0.3 is 5.73 Å². The highest BCUT2D eigenvalue weighted by Gasteiger charge is 2.28. The number of nitrogens with zero attached hydrogens (tertiary/aromatic N) is 4. The van der Waals surface area contributed by atoms with Gasteiger partial charge in [-0.25, -0.2) is 18.2 Å². The molecule has 0 aliphatic carbocycles. The minimum Gasteiger partial charge on any atom is -0.351 e. The number of pyridine rings is 2. The van der Waals surface area contributed by atoms with Gasteiger partial charge >= 0.3 is 6.03 Å². The standard InChI is InChI=1S/C18H21N5O3S/c19-18(24)23-5-1-3-14-8-16(11-21-17(14)23)15-7-13(9-20-10-15)12-22-4-2-6-27(22,25)26/h7-11H,1-6,12H2,(H2,19,24). The molecule has 0 spiro atoms. The molecule has 9 heteroatoms. The maximum Gasteiger partial charge on any atom is 0.320 e. The molecule has 0 unspecified atom stereocenters. The molecule has 0 aromatic carbocycles. The first-order valence-electron chi connectivity index (χ1n) is 8.92. The molecule has 2 aromatic rings. The molecule has 0 bridgehead atoms. The Morgan fingerprint density at radius 2 is 1.93 bits per heavy atom. The van der Waals surface area contributed by atoms with E-state index in [1.807, 2.05) is 12.1 Å². The lowest BCUT2D eigenvalue weighted by molar-refractivity contribution is 0.253. The molecule has 0 radical (unpaired) electrons. The average molecular weight is 387 g/mol. The van der Waals surface area contributed by atoms with Crippen LogP contribution in [-0.4, -0.2) is 47.6 Å². The van der Waals surface area contributed by atoms with Crippen molar-refractivity contribution in [3.63, 3.8) is 0 Å². The van der Waals surface area contributed by atoms with Gasteiger partial charge in [0.15, 0.2) is 0 Å². The Kier molecular flexibility index (Phi) is 4.56. The second-order valence-electron chi connectivity index (χ2n) is 6.89. The minimum atomic E-state index is -3.15. The van der Waals surface area contributed by atoms with Crippen molar-refractivity contribution in [2.45, 2.75) is 25.8 Å². The maximum atomic E-state index is 12.0. The molecule has 0 saturated carbocycles. The van der Waals surface area contributed by atoms with Crippen LogP contribution in [0.4, 0.5) is 10.6 Å². The summed E-state index contributed by atoms with van der Waals surface area (Å²) in [6.45, 7) is 1.46. The average Bonchev–Trinajstić information content (AvgIpc) is 2.99. The van der Waals surface area contributed by atoms with Crippen molar-refractivity contribution >= 4 is 21.9 Å². The van der Waals surface area contributed by atoms with Crippen molar-refractivity contribution in [1.82, 2.24) is 14.3 Å². The van der Waals surface area contributed by atoms with E-state index in [2.05, 4.69) is 9.97 Å². The smallest absolute Gasteiger partial charge is 0.320 e. The number of urea groups is 1. The maximum absolute atomic E-state index is 12.0. The van der Waals surface area contributed by atoms with Crippen LogP contribution in [0.15, 0.2) is 30.7 Å². The first-order chi connectivity index (χ1) is 12.9. The third kappa shape index (κ3) is 3.52. The number of rotatable bonds is 3. The van der Waals surface area contributed by atoms with E-state index in [9.17, 15) is 13.2 Å². The Balaban J connectivity index is 1.62. The number of hydrogen-bond acceptors (Lipinski definition) is 5. The van der Waals surface area contributed by atoms with Crippen LogP contribution in [-0.2, 0) is 23.0 Å². The number of amides is 2. The zero-order valence-electron chi connectivity index (χ0n) is 14.8. The van der Waals surface area contributed by atoms with E-state index in [-0.39, 0.29) is 5.75 Å². The molecule has 1 saturated heterocycles. The molecule has 4 rings (SSSR count). The molecule has 0 atom stereocenters. The molecule has 2 aliphatic heterocycles. The van der Waals surface area contributed by atoms with Crippen LogP contribution in [0.1, 0.15) is 24.0 Å². The molecule has 1 fully saturated rings. The molecule has 142 valence electrons. The van der Waals surface area contributed by atoms with E-state index in [0.717, 1.165) is 35.1 Å². The Bertz CT molecular complexity index is 992. The summed E-state index contributed by atoms with van der Waals surface area (Å²) in [6, 6.07) is 3.45. The number of anilines is 1. The second-order valence-corrected chi connectivity index (χ2v) is 8.97. The third-order valence-electron chi connectivity index (χ3n) is 4.98. The number of fused-ring (bicyclic) bond motifs is 1. The van der Waals surface area contributed by atoms with Crippen LogP contribution in [0.25, 0.3) is 11.1 Å². The van der Waals surface area contributed by atoms with Crippen LogP contribution in [0.2, 0.25) is 0 Å². The summed E-state index contributed by atoms with van der Waals surface area (Å²) in [5, 5.41) is 0. The highest BCUT2D eigenvalue weighted by atomic mass is 32.2. The Hall–Kier alpha value is -2.52. The molecule has 2 aliphatic rings. The SMILES string of the molecule is NC(=O)N1CCCc2cc(-c3cncc(CN4CCCS4(=O)=O)c3)cnc21. The number of sulfonamides is 1. The van der Waals surface area contributed by atoms with Gasteiger partial charge in [0.2, 0.25) is 10.0 Å². The summed E-state index contributed by atoms with van der Waals surface area (Å²) in [6.07, 6.45) is 7.47. The van der Waals surface area contributed by atoms with E-state index < -0.39 is 16.1 Å². The predicted molar refractivity (Wildman–Crippen MR) is 102 cm³/mol. The number of aromatic nitrogens is 2. The van der Waals surface area contributed by atoms with Crippen LogP contribution < -0.4 is 10.6 Å². The van der Waals surface area contributed by atoms with Crippen molar-refractivity contribution in [2.75, 3.05) is 23.7 Å². The topological polar surface area (TPSA) is 109 Å². The summed E-state index contributed by atoms with van der Waals surface area (Å²) in [5.74, 6) is 0.829. The fourth-order valence-electron chi connectivity index (χ4n) is 3.64. The van der Waals surface area contributed by atoms with E-state index in [1.54, 1.807) is 18.6 Å². The van der Waals surface area contributed by atoms with Gasteiger partial charge in [0, 0.05) is 49.4 Å². The summed E-state index contributed by atoms with van der Waals surface area (Å²) in [5.41, 5.74) is 9.01. The Morgan fingerprint density at radius 3 is 2.67 bits per heavy atom. The number of aryl methyl sites for hydroxylation is 1.